The molecule has 4 aliphatic heterocycles. The molecule has 2 atom stereocenters. The highest BCUT2D eigenvalue weighted by atomic mass is 16.2. The van der Waals surface area contributed by atoms with Gasteiger partial charge in [-0.3, -0.25) is 9.79 Å². The van der Waals surface area contributed by atoms with E-state index in [4.69, 9.17) is 10.1 Å². The van der Waals surface area contributed by atoms with E-state index in [0.717, 1.165) is 35.2 Å². The van der Waals surface area contributed by atoms with Crippen molar-refractivity contribution in [2.75, 3.05) is 17.2 Å². The van der Waals surface area contributed by atoms with E-state index in [0.29, 0.717) is 12.0 Å². The van der Waals surface area contributed by atoms with Crippen molar-refractivity contribution in [3.8, 4) is 0 Å². The second kappa shape index (κ2) is 7.60. The predicted octanol–water partition coefficient (Wildman–Crippen LogP) is 4.34. The number of anilines is 2. The average Bonchev–Trinajstić information content (AvgIpc) is 3.50. The van der Waals surface area contributed by atoms with E-state index in [-0.39, 0.29) is 10.6 Å². The van der Waals surface area contributed by atoms with Gasteiger partial charge in [0, 0.05) is 11.4 Å². The Hall–Kier alpha value is -2.84. The number of carbonyl (C=O) groups is 1. The molecule has 2 fully saturated rings. The van der Waals surface area contributed by atoms with Crippen molar-refractivity contribution >= 4 is 35.3 Å². The first-order valence-corrected chi connectivity index (χ1v) is 12.3. The predicted molar refractivity (Wildman–Crippen MR) is 131 cm³/mol. The Bertz CT molecular complexity index is 1110. The van der Waals surface area contributed by atoms with Gasteiger partial charge in [-0.15, -0.1) is 10.0 Å². The summed E-state index contributed by atoms with van der Waals surface area (Å²) in [6.07, 6.45) is 14.8. The lowest BCUT2D eigenvalue weighted by atomic mass is 9.83. The van der Waals surface area contributed by atoms with Crippen molar-refractivity contribution in [3.05, 3.63) is 36.2 Å². The Balaban J connectivity index is 1.29. The van der Waals surface area contributed by atoms with E-state index in [9.17, 15) is 4.79 Å². The third-order valence-corrected chi connectivity index (χ3v) is 7.98. The Morgan fingerprint density at radius 2 is 2.00 bits per heavy atom. The van der Waals surface area contributed by atoms with Gasteiger partial charge in [-0.05, 0) is 72.9 Å². The molecule has 33 heavy (non-hydrogen) atoms. The fourth-order valence-corrected chi connectivity index (χ4v) is 6.15. The topological polar surface area (TPSA) is 81.5 Å². The smallest absolute Gasteiger partial charge is 0.301 e. The monoisotopic (exact) mass is 446 g/mol. The number of hydrogen-bond acceptors (Lipinski definition) is 6. The van der Waals surface area contributed by atoms with Crippen LogP contribution in [0.25, 0.3) is 0 Å². The van der Waals surface area contributed by atoms with Crippen LogP contribution in [0.4, 0.5) is 11.4 Å². The molecule has 1 aromatic rings. The molecule has 4 heterocycles. The van der Waals surface area contributed by atoms with Crippen LogP contribution < -0.4 is 10.6 Å². The Labute approximate surface area is 194 Å². The Kier molecular flexibility index (Phi) is 4.78. The lowest BCUT2D eigenvalue weighted by Crippen LogP contribution is -2.59. The summed E-state index contributed by atoms with van der Waals surface area (Å²) in [5, 5.41) is 14.0. The molecule has 1 saturated heterocycles. The molecule has 8 heteroatoms. The summed E-state index contributed by atoms with van der Waals surface area (Å²) in [5.41, 5.74) is 2.21. The molecule has 2 N–H and O–H groups in total. The summed E-state index contributed by atoms with van der Waals surface area (Å²) in [6, 6.07) is 6.50. The third-order valence-electron chi connectivity index (χ3n) is 7.98. The molecule has 5 aliphatic rings. The van der Waals surface area contributed by atoms with E-state index in [1.54, 1.807) is 0 Å². The third kappa shape index (κ3) is 3.27. The van der Waals surface area contributed by atoms with E-state index in [2.05, 4.69) is 26.8 Å². The lowest BCUT2D eigenvalue weighted by Gasteiger charge is -2.39. The molecule has 0 bridgehead atoms. The van der Waals surface area contributed by atoms with E-state index < -0.39 is 5.41 Å². The second-order valence-corrected chi connectivity index (χ2v) is 10.4. The SMILES string of the molecule is CC1(C)C(=O)Nc2cc(NC3=N[N+]4(N5CCCC5C5CCCCC5)C=CN=CC4=N3)ccc21. The van der Waals surface area contributed by atoms with Crippen molar-refractivity contribution in [2.45, 2.75) is 70.3 Å². The number of rotatable bonds is 3. The van der Waals surface area contributed by atoms with Crippen molar-refractivity contribution in [1.82, 2.24) is 5.01 Å². The van der Waals surface area contributed by atoms with Crippen LogP contribution >= 0.6 is 0 Å². The Morgan fingerprint density at radius 1 is 1.15 bits per heavy atom. The number of hydrogen-bond donors (Lipinski definition) is 2. The van der Waals surface area contributed by atoms with Crippen LogP contribution in [-0.2, 0) is 10.2 Å². The van der Waals surface area contributed by atoms with Gasteiger partial charge in [0.05, 0.1) is 24.2 Å². The summed E-state index contributed by atoms with van der Waals surface area (Å²) in [7, 11) is 0. The summed E-state index contributed by atoms with van der Waals surface area (Å²) in [6.45, 7) is 4.91. The molecule has 1 saturated carbocycles. The first kappa shape index (κ1) is 20.7. The van der Waals surface area contributed by atoms with Crippen molar-refractivity contribution in [1.29, 1.82) is 0 Å². The largest absolute Gasteiger partial charge is 0.325 e. The van der Waals surface area contributed by atoms with Crippen molar-refractivity contribution < 1.29 is 9.50 Å². The fourth-order valence-electron chi connectivity index (χ4n) is 6.15. The lowest BCUT2D eigenvalue weighted by molar-refractivity contribution is -0.920. The number of aliphatic imine (C=N–C) groups is 2. The van der Waals surface area contributed by atoms with E-state index in [1.165, 1.54) is 44.9 Å². The number of carbonyl (C=O) groups excluding carboxylic acids is 1. The highest BCUT2D eigenvalue weighted by molar-refractivity contribution is 6.30. The number of guanidine groups is 1. The van der Waals surface area contributed by atoms with Crippen LogP contribution in [0.3, 0.4) is 0 Å². The molecule has 0 aromatic heterocycles. The van der Waals surface area contributed by atoms with Crippen molar-refractivity contribution in [3.63, 3.8) is 0 Å². The minimum Gasteiger partial charge on any atom is -0.325 e. The molecule has 8 nitrogen and oxygen atoms in total. The first-order chi connectivity index (χ1) is 16.0. The summed E-state index contributed by atoms with van der Waals surface area (Å²) < 4.78 is 0.279. The van der Waals surface area contributed by atoms with Crippen LogP contribution in [0.2, 0.25) is 0 Å². The van der Waals surface area contributed by atoms with Crippen LogP contribution in [0, 0.1) is 5.92 Å². The Morgan fingerprint density at radius 3 is 2.85 bits per heavy atom. The van der Waals surface area contributed by atoms with Gasteiger partial charge in [0.1, 0.15) is 6.21 Å². The maximum Gasteiger partial charge on any atom is 0.301 e. The highest BCUT2D eigenvalue weighted by Crippen LogP contribution is 2.41. The molecule has 6 rings (SSSR count). The number of amidine groups is 1. The van der Waals surface area contributed by atoms with E-state index >= 15 is 0 Å². The summed E-state index contributed by atoms with van der Waals surface area (Å²) >= 11 is 0. The van der Waals surface area contributed by atoms with Crippen LogP contribution in [0.5, 0.6) is 0 Å². The average molecular weight is 447 g/mol. The molecular weight excluding hydrogens is 414 g/mol. The van der Waals surface area contributed by atoms with Crippen LogP contribution in [0.15, 0.2) is 45.7 Å². The quantitative estimate of drug-likeness (QED) is 0.678. The van der Waals surface area contributed by atoms with Crippen LogP contribution in [-0.4, -0.2) is 46.2 Å². The first-order valence-electron chi connectivity index (χ1n) is 12.3. The standard InChI is InChI=1S/C25H31N7O/c1-25(2)19-11-10-18(15-20(19)28-23(25)33)27-24-29-22-16-26-12-14-32(22,30-24)31-13-6-9-21(31)17-7-4-3-5-8-17/h10-12,14-17,21H,3-9,13H2,1-2H3,(H-,27,28,30,33)/p+1. The van der Waals surface area contributed by atoms with Gasteiger partial charge in [-0.25, -0.2) is 0 Å². The number of quaternary nitrogens is 1. The zero-order valence-electron chi connectivity index (χ0n) is 19.4. The zero-order valence-corrected chi connectivity index (χ0v) is 19.4. The zero-order chi connectivity index (χ0) is 22.6. The van der Waals surface area contributed by atoms with Crippen LogP contribution in [0.1, 0.15) is 64.4 Å². The minimum absolute atomic E-state index is 0.0267. The summed E-state index contributed by atoms with van der Waals surface area (Å²) in [4.78, 5) is 21.5. The van der Waals surface area contributed by atoms with E-state index in [1.807, 2.05) is 44.5 Å². The number of nitrogens with zero attached hydrogens (tertiary/aromatic N) is 5. The molecule has 0 radical (unpaired) electrons. The number of fused-ring (bicyclic) bond motifs is 2. The summed E-state index contributed by atoms with van der Waals surface area (Å²) in [5.74, 6) is 2.16. The maximum atomic E-state index is 12.3. The van der Waals surface area contributed by atoms with Gasteiger partial charge in [0.25, 0.3) is 5.96 Å². The number of amides is 1. The molecular formula is C25H32N7O+. The second-order valence-electron chi connectivity index (χ2n) is 10.4. The van der Waals surface area contributed by atoms with Gasteiger partial charge in [0.15, 0.2) is 6.20 Å². The molecule has 1 aliphatic carbocycles. The van der Waals surface area contributed by atoms with Gasteiger partial charge in [0.2, 0.25) is 5.91 Å². The van der Waals surface area contributed by atoms with Gasteiger partial charge >= 0.3 is 5.84 Å². The normalized spacial score (nSPS) is 30.6. The van der Waals surface area contributed by atoms with Gasteiger partial charge < -0.3 is 10.6 Å². The molecule has 1 aromatic carbocycles. The molecule has 1 amide bonds. The fraction of sp³-hybridized carbons (Fsp3) is 0.520. The molecule has 0 spiro atoms. The number of nitrogens with one attached hydrogen (secondary N) is 2. The maximum absolute atomic E-state index is 12.3. The van der Waals surface area contributed by atoms with Crippen molar-refractivity contribution in [2.24, 2.45) is 21.0 Å². The highest BCUT2D eigenvalue weighted by Gasteiger charge is 2.52. The number of benzene rings is 1. The molecule has 2 unspecified atom stereocenters. The van der Waals surface area contributed by atoms with Gasteiger partial charge in [-0.1, -0.05) is 25.3 Å². The minimum atomic E-state index is -0.514. The van der Waals surface area contributed by atoms with Gasteiger partial charge in [-0.2, -0.15) is 0 Å². The molecule has 172 valence electrons.